The average molecular weight is 323 g/mol. The van der Waals surface area contributed by atoms with Crippen LogP contribution in [0.5, 0.6) is 5.75 Å². The molecule has 0 spiro atoms. The highest BCUT2D eigenvalue weighted by Crippen LogP contribution is 2.25. The molecule has 0 saturated heterocycles. The number of anilines is 1. The number of ether oxygens (including phenoxy) is 1. The van der Waals surface area contributed by atoms with Crippen molar-refractivity contribution >= 4 is 34.9 Å². The molecule has 0 radical (unpaired) electrons. The maximum absolute atomic E-state index is 10.9. The number of fused-ring (bicyclic) bond motifs is 1. The Morgan fingerprint density at radius 1 is 1.12 bits per heavy atom. The molecule has 0 unspecified atom stereocenters. The highest BCUT2D eigenvalue weighted by molar-refractivity contribution is 5.86. The summed E-state index contributed by atoms with van der Waals surface area (Å²) in [5.41, 5.74) is 2.35. The lowest BCUT2D eigenvalue weighted by Gasteiger charge is -2.12. The molecule has 0 aliphatic heterocycles. The van der Waals surface area contributed by atoms with E-state index in [9.17, 15) is 4.79 Å². The van der Waals surface area contributed by atoms with Crippen molar-refractivity contribution in [2.75, 3.05) is 19.1 Å². The topological polar surface area (TPSA) is 62.9 Å². The molecule has 1 amide bonds. The second-order valence-corrected chi connectivity index (χ2v) is 5.32. The van der Waals surface area contributed by atoms with E-state index in [1.807, 2.05) is 48.6 Å². The lowest BCUT2D eigenvalue weighted by Crippen LogP contribution is -2.23. The van der Waals surface area contributed by atoms with Crippen LogP contribution in [-0.2, 0) is 0 Å². The smallest absolute Gasteiger partial charge is 0.411 e. The SMILES string of the molecule is COc1ccc2cc(C=Cc3ccc(N(C)C(=O)O)cc3)oc2c1. The van der Waals surface area contributed by atoms with E-state index in [-0.39, 0.29) is 0 Å². The highest BCUT2D eigenvalue weighted by Gasteiger charge is 2.07. The number of carbonyl (C=O) groups is 1. The van der Waals surface area contributed by atoms with Crippen LogP contribution in [-0.4, -0.2) is 25.4 Å². The third-order valence-corrected chi connectivity index (χ3v) is 3.75. The van der Waals surface area contributed by atoms with E-state index in [1.165, 1.54) is 11.9 Å². The first-order valence-electron chi connectivity index (χ1n) is 7.39. The standard InChI is InChI=1S/C19H17NO4/c1-20(19(21)22)15-7-3-13(4-8-15)5-9-17-11-14-6-10-16(23-2)12-18(14)24-17/h3-12H,1-2H3,(H,21,22). The van der Waals surface area contributed by atoms with E-state index in [4.69, 9.17) is 14.3 Å². The molecule has 0 bridgehead atoms. The normalized spacial score (nSPS) is 11.1. The Kier molecular flexibility index (Phi) is 4.24. The molecule has 3 aromatic rings. The van der Waals surface area contributed by atoms with Gasteiger partial charge in [0.2, 0.25) is 0 Å². The van der Waals surface area contributed by atoms with Gasteiger partial charge in [0.15, 0.2) is 0 Å². The highest BCUT2D eigenvalue weighted by atomic mass is 16.5. The van der Waals surface area contributed by atoms with Gasteiger partial charge >= 0.3 is 6.09 Å². The van der Waals surface area contributed by atoms with E-state index < -0.39 is 6.09 Å². The van der Waals surface area contributed by atoms with Crippen LogP contribution in [0, 0.1) is 0 Å². The summed E-state index contributed by atoms with van der Waals surface area (Å²) in [4.78, 5) is 12.1. The van der Waals surface area contributed by atoms with Crippen LogP contribution >= 0.6 is 0 Å². The molecular formula is C19H17NO4. The molecule has 5 nitrogen and oxygen atoms in total. The zero-order valence-corrected chi connectivity index (χ0v) is 13.4. The van der Waals surface area contributed by atoms with Crippen LogP contribution in [0.25, 0.3) is 23.1 Å². The fourth-order valence-corrected chi connectivity index (χ4v) is 2.34. The first kappa shape index (κ1) is 15.7. The number of benzene rings is 2. The monoisotopic (exact) mass is 323 g/mol. The molecule has 0 atom stereocenters. The largest absolute Gasteiger partial charge is 0.497 e. The first-order valence-corrected chi connectivity index (χ1v) is 7.39. The molecule has 0 aliphatic carbocycles. The van der Waals surface area contributed by atoms with Crippen LogP contribution < -0.4 is 9.64 Å². The van der Waals surface area contributed by atoms with E-state index in [1.54, 1.807) is 19.2 Å². The number of carboxylic acid groups (broad SMARTS) is 1. The Morgan fingerprint density at radius 3 is 2.54 bits per heavy atom. The van der Waals surface area contributed by atoms with E-state index in [2.05, 4.69) is 0 Å². The summed E-state index contributed by atoms with van der Waals surface area (Å²) in [6.07, 6.45) is 2.80. The van der Waals surface area contributed by atoms with E-state index >= 15 is 0 Å². The van der Waals surface area contributed by atoms with E-state index in [0.29, 0.717) is 5.69 Å². The van der Waals surface area contributed by atoms with Gasteiger partial charge in [-0.05, 0) is 42.0 Å². The number of amides is 1. The van der Waals surface area contributed by atoms with Gasteiger partial charge in [-0.3, -0.25) is 4.90 Å². The van der Waals surface area contributed by atoms with Crippen molar-refractivity contribution < 1.29 is 19.1 Å². The summed E-state index contributed by atoms with van der Waals surface area (Å²) in [7, 11) is 3.13. The predicted molar refractivity (Wildman–Crippen MR) is 94.6 cm³/mol. The Morgan fingerprint density at radius 2 is 1.88 bits per heavy atom. The minimum absolute atomic E-state index is 0.621. The van der Waals surface area contributed by atoms with Gasteiger partial charge in [0.05, 0.1) is 7.11 Å². The van der Waals surface area contributed by atoms with E-state index in [0.717, 1.165) is 28.0 Å². The first-order chi connectivity index (χ1) is 11.6. The Bertz CT molecular complexity index is 893. The Balaban J connectivity index is 1.79. The maximum atomic E-state index is 10.9. The lowest BCUT2D eigenvalue weighted by molar-refractivity contribution is 0.203. The third kappa shape index (κ3) is 3.25. The summed E-state index contributed by atoms with van der Waals surface area (Å²) in [6, 6.07) is 14.9. The summed E-state index contributed by atoms with van der Waals surface area (Å²) < 4.78 is 11.0. The molecule has 0 fully saturated rings. The van der Waals surface area contributed by atoms with Crippen molar-refractivity contribution in [3.05, 3.63) is 59.9 Å². The maximum Gasteiger partial charge on any atom is 0.411 e. The van der Waals surface area contributed by atoms with Crippen LogP contribution in [0.4, 0.5) is 10.5 Å². The molecule has 24 heavy (non-hydrogen) atoms. The molecule has 1 heterocycles. The summed E-state index contributed by atoms with van der Waals surface area (Å²) in [6.45, 7) is 0. The zero-order chi connectivity index (χ0) is 17.1. The van der Waals surface area contributed by atoms with Crippen molar-refractivity contribution in [1.82, 2.24) is 0 Å². The van der Waals surface area contributed by atoms with Crippen molar-refractivity contribution in [2.45, 2.75) is 0 Å². The summed E-state index contributed by atoms with van der Waals surface area (Å²) >= 11 is 0. The summed E-state index contributed by atoms with van der Waals surface area (Å²) in [5.74, 6) is 1.50. The van der Waals surface area contributed by atoms with Crippen LogP contribution in [0.2, 0.25) is 0 Å². The van der Waals surface area contributed by atoms with Gasteiger partial charge in [0.1, 0.15) is 17.1 Å². The number of nitrogens with zero attached hydrogens (tertiary/aromatic N) is 1. The minimum Gasteiger partial charge on any atom is -0.497 e. The average Bonchev–Trinajstić information content (AvgIpc) is 3.01. The van der Waals surface area contributed by atoms with Gasteiger partial charge < -0.3 is 14.3 Å². The zero-order valence-electron chi connectivity index (χ0n) is 13.4. The molecule has 1 N–H and O–H groups in total. The second-order valence-electron chi connectivity index (χ2n) is 5.32. The minimum atomic E-state index is -0.990. The van der Waals surface area contributed by atoms with Crippen molar-refractivity contribution in [2.24, 2.45) is 0 Å². The number of methoxy groups -OCH3 is 1. The molecular weight excluding hydrogens is 306 g/mol. The van der Waals surface area contributed by atoms with Crippen LogP contribution in [0.3, 0.4) is 0 Å². The van der Waals surface area contributed by atoms with Crippen molar-refractivity contribution in [1.29, 1.82) is 0 Å². The summed E-state index contributed by atoms with van der Waals surface area (Å²) in [5, 5.41) is 9.96. The van der Waals surface area contributed by atoms with Gasteiger partial charge in [-0.2, -0.15) is 0 Å². The molecule has 5 heteroatoms. The number of hydrogen-bond acceptors (Lipinski definition) is 3. The van der Waals surface area contributed by atoms with Crippen molar-refractivity contribution in [3.8, 4) is 5.75 Å². The van der Waals surface area contributed by atoms with Crippen molar-refractivity contribution in [3.63, 3.8) is 0 Å². The lowest BCUT2D eigenvalue weighted by atomic mass is 10.1. The van der Waals surface area contributed by atoms with Gasteiger partial charge in [0, 0.05) is 24.2 Å². The molecule has 3 rings (SSSR count). The Labute approximate surface area is 139 Å². The van der Waals surface area contributed by atoms with Gasteiger partial charge in [-0.1, -0.05) is 18.2 Å². The molecule has 2 aromatic carbocycles. The third-order valence-electron chi connectivity index (χ3n) is 3.75. The fraction of sp³-hybridized carbons (Fsp3) is 0.105. The van der Waals surface area contributed by atoms with Crippen LogP contribution in [0.1, 0.15) is 11.3 Å². The van der Waals surface area contributed by atoms with Gasteiger partial charge in [-0.15, -0.1) is 0 Å². The predicted octanol–water partition coefficient (Wildman–Crippen LogP) is 4.73. The Hall–Kier alpha value is -3.21. The fourth-order valence-electron chi connectivity index (χ4n) is 2.34. The van der Waals surface area contributed by atoms with Gasteiger partial charge in [0.25, 0.3) is 0 Å². The second kappa shape index (κ2) is 6.50. The molecule has 1 aromatic heterocycles. The number of rotatable bonds is 4. The number of furan rings is 1. The molecule has 0 saturated carbocycles. The number of hydrogen-bond donors (Lipinski definition) is 1. The van der Waals surface area contributed by atoms with Crippen LogP contribution in [0.15, 0.2) is 52.9 Å². The quantitative estimate of drug-likeness (QED) is 0.754. The van der Waals surface area contributed by atoms with Gasteiger partial charge in [-0.25, -0.2) is 4.79 Å². The molecule has 0 aliphatic rings. The molecule has 122 valence electrons.